The van der Waals surface area contributed by atoms with Gasteiger partial charge < -0.3 is 0 Å². The number of hydrogen-bond acceptors (Lipinski definition) is 5. The second kappa shape index (κ2) is 3.88. The first-order valence-electron chi connectivity index (χ1n) is 1.37. The van der Waals surface area contributed by atoms with E-state index in [1.54, 1.807) is 0 Å². The van der Waals surface area contributed by atoms with Crippen molar-refractivity contribution < 1.29 is 70.4 Å². The molecule has 7 nitrogen and oxygen atoms in total. The van der Waals surface area contributed by atoms with Gasteiger partial charge >= 0.3 is 53.6 Å². The summed E-state index contributed by atoms with van der Waals surface area (Å²) in [4.78, 5) is 0. The Bertz CT molecular complexity index is 237. The standard InChI is InChI=1S/Co.2Cr.2H2O.5O/h;;;2*1H2;;;;;/q;2*+1;;;;;;;/p-2. The fraction of sp³-hybridized carbons (Fsp3) is 0. The Morgan fingerprint density at radius 2 is 1.10 bits per heavy atom. The van der Waals surface area contributed by atoms with E-state index in [1.165, 1.54) is 0 Å². The molecule has 0 atom stereocenters. The molecule has 0 saturated carbocycles. The van der Waals surface area contributed by atoms with E-state index in [-0.39, 0.29) is 16.8 Å². The molecule has 0 heterocycles. The maximum atomic E-state index is 9.53. The van der Waals surface area contributed by atoms with E-state index >= 15 is 0 Å². The van der Waals surface area contributed by atoms with Gasteiger partial charge in [-0.3, -0.25) is 0 Å². The third-order valence-electron chi connectivity index (χ3n) is 0.172. The van der Waals surface area contributed by atoms with Crippen molar-refractivity contribution in [3.63, 3.8) is 0 Å². The van der Waals surface area contributed by atoms with Crippen molar-refractivity contribution >= 4 is 0 Å². The van der Waals surface area contributed by atoms with Crippen LogP contribution in [0.25, 0.3) is 0 Å². The Morgan fingerprint density at radius 1 is 0.900 bits per heavy atom. The zero-order valence-electron chi connectivity index (χ0n) is 4.09. The molecule has 1 radical (unpaired) electrons. The second-order valence-electron chi connectivity index (χ2n) is 0.924. The van der Waals surface area contributed by atoms with E-state index in [2.05, 4.69) is 2.84 Å². The van der Waals surface area contributed by atoms with Gasteiger partial charge in [0.1, 0.15) is 0 Å². The van der Waals surface area contributed by atoms with Gasteiger partial charge in [0.05, 0.1) is 0 Å². The quantitative estimate of drug-likeness (QED) is 0.619. The van der Waals surface area contributed by atoms with Crippen LogP contribution in [0, 0.1) is 0 Å². The molecule has 0 aliphatic rings. The van der Waals surface area contributed by atoms with Crippen LogP contribution in [0.5, 0.6) is 0 Å². The van der Waals surface area contributed by atoms with Gasteiger partial charge in [-0.2, -0.15) is 0 Å². The van der Waals surface area contributed by atoms with Gasteiger partial charge in [-0.15, -0.1) is 0 Å². The maximum absolute atomic E-state index is 9.53. The zero-order valence-corrected chi connectivity index (χ0v) is 7.68. The molecule has 0 unspecified atom stereocenters. The van der Waals surface area contributed by atoms with E-state index in [1.807, 2.05) is 0 Å². The van der Waals surface area contributed by atoms with Crippen LogP contribution in [0.4, 0.5) is 0 Å². The Kier molecular flexibility index (Phi) is 5.14. The van der Waals surface area contributed by atoms with Gasteiger partial charge in [-0.1, -0.05) is 0 Å². The molecule has 65 valence electrons. The molecule has 0 amide bonds. The summed E-state index contributed by atoms with van der Waals surface area (Å²) in [6.07, 6.45) is 0. The predicted molar refractivity (Wildman–Crippen MR) is 8.27 cm³/mol. The Labute approximate surface area is 70.3 Å². The topological polar surface area (TPSA) is 118 Å². The first-order chi connectivity index (χ1) is 3.71. The van der Waals surface area contributed by atoms with Crippen molar-refractivity contribution in [3.8, 4) is 0 Å². The van der Waals surface area contributed by atoms with Crippen LogP contribution in [0.3, 0.4) is 0 Å². The van der Waals surface area contributed by atoms with Gasteiger partial charge in [-0.05, 0) is 0 Å². The van der Waals surface area contributed by atoms with Crippen LogP contribution in [-0.2, 0) is 62.1 Å². The van der Waals surface area contributed by atoms with Gasteiger partial charge in [-0.25, -0.2) is 0 Å². The van der Waals surface area contributed by atoms with Crippen molar-refractivity contribution in [2.24, 2.45) is 0 Å². The van der Waals surface area contributed by atoms with E-state index in [9.17, 15) is 15.2 Å². The van der Waals surface area contributed by atoms with E-state index in [4.69, 9.17) is 8.32 Å². The molecule has 0 fully saturated rings. The molecule has 0 aromatic carbocycles. The summed E-state index contributed by atoms with van der Waals surface area (Å²) in [6.45, 7) is 0. The second-order valence-corrected chi connectivity index (χ2v) is 4.68. The summed E-state index contributed by atoms with van der Waals surface area (Å²) in [7, 11) is 0. The molecule has 10 heteroatoms. The molecule has 0 spiro atoms. The van der Waals surface area contributed by atoms with E-state index < -0.39 is 27.2 Å². The summed E-state index contributed by atoms with van der Waals surface area (Å²) in [5, 5.41) is 0. The minimum atomic E-state index is -5.76. The van der Waals surface area contributed by atoms with Crippen LogP contribution in [-0.4, -0.2) is 8.32 Å². The van der Waals surface area contributed by atoms with Gasteiger partial charge in [0, 0.05) is 16.8 Å². The normalized spacial score (nSPS) is 12.2. The summed E-state index contributed by atoms with van der Waals surface area (Å²) >= 11 is -11.5. The van der Waals surface area contributed by atoms with Crippen molar-refractivity contribution in [1.82, 2.24) is 0 Å². The summed E-state index contributed by atoms with van der Waals surface area (Å²) in [5.41, 5.74) is 0. The average molecular weight is 277 g/mol. The van der Waals surface area contributed by atoms with Crippen LogP contribution in [0.15, 0.2) is 0 Å². The summed E-state index contributed by atoms with van der Waals surface area (Å²) < 4.78 is 56.3. The van der Waals surface area contributed by atoms with Gasteiger partial charge in [0.15, 0.2) is 0 Å². The SMILES string of the molecule is [Co].[O]=[Cr](=[O])([OH])[O][Cr](=[O])(=[O])[OH]. The molecule has 0 aromatic rings. The molecular weight excluding hydrogens is 275 g/mol. The Hall–Kier alpha value is 0.651. The molecule has 0 aliphatic carbocycles. The fourth-order valence-corrected chi connectivity index (χ4v) is 1.85. The number of hydrogen-bond donors (Lipinski definition) is 2. The van der Waals surface area contributed by atoms with Crippen LogP contribution in [0.2, 0.25) is 0 Å². The third kappa shape index (κ3) is 11.4. The first kappa shape index (κ1) is 13.3. The molecule has 2 N–H and O–H groups in total. The molecule has 10 heavy (non-hydrogen) atoms. The average Bonchev–Trinajstić information content (AvgIpc) is 1.14. The minimum absolute atomic E-state index is 0. The molecule has 0 rings (SSSR count). The molecule has 0 aliphatic heterocycles. The fourth-order valence-electron chi connectivity index (χ4n) is 0.109. The molecule has 0 bridgehead atoms. The molecule has 0 aromatic heterocycles. The van der Waals surface area contributed by atoms with E-state index in [0.717, 1.165) is 0 Å². The molecular formula is H2CoCr2O7. The van der Waals surface area contributed by atoms with Crippen molar-refractivity contribution in [3.05, 3.63) is 0 Å². The Balaban J connectivity index is 0. The van der Waals surface area contributed by atoms with Crippen LogP contribution < -0.4 is 0 Å². The Morgan fingerprint density at radius 3 is 1.10 bits per heavy atom. The van der Waals surface area contributed by atoms with Gasteiger partial charge in [0.25, 0.3) is 0 Å². The third-order valence-corrected chi connectivity index (χ3v) is 2.92. The van der Waals surface area contributed by atoms with E-state index in [0.29, 0.717) is 0 Å². The summed E-state index contributed by atoms with van der Waals surface area (Å²) in [6, 6.07) is 0. The zero-order chi connectivity index (χ0) is 7.71. The van der Waals surface area contributed by atoms with Crippen molar-refractivity contribution in [2.45, 2.75) is 0 Å². The van der Waals surface area contributed by atoms with Crippen LogP contribution >= 0.6 is 0 Å². The van der Waals surface area contributed by atoms with Crippen molar-refractivity contribution in [2.75, 3.05) is 0 Å². The predicted octanol–water partition coefficient (Wildman–Crippen LogP) is -1.67. The van der Waals surface area contributed by atoms with Crippen LogP contribution in [0.1, 0.15) is 0 Å². The van der Waals surface area contributed by atoms with Gasteiger partial charge in [0.2, 0.25) is 0 Å². The summed E-state index contributed by atoms with van der Waals surface area (Å²) in [5.74, 6) is 0. The van der Waals surface area contributed by atoms with Crippen molar-refractivity contribution in [1.29, 1.82) is 0 Å². The monoisotopic (exact) mass is 277 g/mol. The first-order valence-corrected chi connectivity index (χ1v) is 5.63. The number of rotatable bonds is 2. The molecule has 0 saturated heterocycles.